The number of rotatable bonds is 6. The molecular weight excluding hydrogens is 316 g/mol. The number of hydrogen-bond donors (Lipinski definition) is 0. The predicted octanol–water partition coefficient (Wildman–Crippen LogP) is 4.66. The molecule has 24 heavy (non-hydrogen) atoms. The van der Waals surface area contributed by atoms with Crippen LogP contribution in [0.3, 0.4) is 0 Å². The molecule has 3 aromatic rings. The van der Waals surface area contributed by atoms with Gasteiger partial charge in [-0.05, 0) is 38.0 Å². The number of nitrogens with zero attached hydrogens (tertiary/aromatic N) is 4. The largest absolute Gasteiger partial charge is 0.302 e. The summed E-state index contributed by atoms with van der Waals surface area (Å²) in [5.74, 6) is 1.82. The summed E-state index contributed by atoms with van der Waals surface area (Å²) < 4.78 is 2.21. The first-order chi connectivity index (χ1) is 11.7. The van der Waals surface area contributed by atoms with Crippen LogP contribution in [0.5, 0.6) is 0 Å². The molecule has 2 heterocycles. The van der Waals surface area contributed by atoms with Gasteiger partial charge in [0, 0.05) is 30.3 Å². The Bertz CT molecular complexity index is 791. The number of pyridine rings is 1. The number of hydrogen-bond acceptors (Lipinski definition) is 4. The minimum Gasteiger partial charge on any atom is -0.302 e. The highest BCUT2D eigenvalue weighted by Crippen LogP contribution is 2.27. The maximum atomic E-state index is 4.43. The highest BCUT2D eigenvalue weighted by atomic mass is 32.2. The van der Waals surface area contributed by atoms with Gasteiger partial charge in [0.15, 0.2) is 11.0 Å². The summed E-state index contributed by atoms with van der Waals surface area (Å²) in [6.45, 7) is 7.37. The Kier molecular flexibility index (Phi) is 5.30. The van der Waals surface area contributed by atoms with E-state index in [1.165, 1.54) is 16.7 Å². The molecule has 0 aliphatic carbocycles. The van der Waals surface area contributed by atoms with Gasteiger partial charge in [-0.15, -0.1) is 10.2 Å². The van der Waals surface area contributed by atoms with Gasteiger partial charge >= 0.3 is 0 Å². The van der Waals surface area contributed by atoms with E-state index < -0.39 is 0 Å². The Balaban J connectivity index is 1.84. The smallest absolute Gasteiger partial charge is 0.191 e. The van der Waals surface area contributed by atoms with Gasteiger partial charge in [0.25, 0.3) is 0 Å². The maximum absolute atomic E-state index is 4.43. The fourth-order valence-corrected chi connectivity index (χ4v) is 3.73. The van der Waals surface area contributed by atoms with Crippen LogP contribution in [-0.2, 0) is 12.3 Å². The van der Waals surface area contributed by atoms with Crippen molar-refractivity contribution in [2.24, 2.45) is 0 Å². The van der Waals surface area contributed by atoms with E-state index >= 15 is 0 Å². The van der Waals surface area contributed by atoms with Crippen molar-refractivity contribution in [3.63, 3.8) is 0 Å². The van der Waals surface area contributed by atoms with Gasteiger partial charge in [-0.2, -0.15) is 0 Å². The Hall–Kier alpha value is -2.14. The molecule has 0 aliphatic rings. The van der Waals surface area contributed by atoms with E-state index in [9.17, 15) is 0 Å². The molecule has 1 aromatic carbocycles. The standard InChI is InChI=1S/C19H22N4S/c1-4-9-23-18(17-5-7-20-8-6-17)21-22-19(23)24-13-16-11-14(2)10-15(3)12-16/h5-8,10-12H,4,9,13H2,1-3H3. The van der Waals surface area contributed by atoms with E-state index in [-0.39, 0.29) is 0 Å². The van der Waals surface area contributed by atoms with Gasteiger partial charge in [0.05, 0.1) is 0 Å². The molecule has 0 saturated heterocycles. The lowest BCUT2D eigenvalue weighted by atomic mass is 10.1. The zero-order valence-corrected chi connectivity index (χ0v) is 15.2. The van der Waals surface area contributed by atoms with E-state index in [0.29, 0.717) is 0 Å². The number of aromatic nitrogens is 4. The lowest BCUT2D eigenvalue weighted by Gasteiger charge is -2.09. The summed E-state index contributed by atoms with van der Waals surface area (Å²) in [5, 5.41) is 9.82. The van der Waals surface area contributed by atoms with Crippen LogP contribution >= 0.6 is 11.8 Å². The molecule has 0 radical (unpaired) electrons. The lowest BCUT2D eigenvalue weighted by Crippen LogP contribution is -2.02. The van der Waals surface area contributed by atoms with Crippen LogP contribution in [0, 0.1) is 13.8 Å². The average molecular weight is 338 g/mol. The SMILES string of the molecule is CCCn1c(SCc2cc(C)cc(C)c2)nnc1-c1ccncc1. The van der Waals surface area contributed by atoms with Crippen LogP contribution in [0.4, 0.5) is 0 Å². The van der Waals surface area contributed by atoms with Gasteiger partial charge in [-0.1, -0.05) is 48.0 Å². The fourth-order valence-electron chi connectivity index (χ4n) is 2.84. The highest BCUT2D eigenvalue weighted by Gasteiger charge is 2.13. The third-order valence-corrected chi connectivity index (χ3v) is 4.79. The van der Waals surface area contributed by atoms with Crippen molar-refractivity contribution >= 4 is 11.8 Å². The molecule has 0 fully saturated rings. The molecule has 0 unspecified atom stereocenters. The topological polar surface area (TPSA) is 43.6 Å². The van der Waals surface area contributed by atoms with E-state index in [0.717, 1.165) is 35.3 Å². The molecule has 0 atom stereocenters. The van der Waals surface area contributed by atoms with E-state index in [2.05, 4.69) is 58.7 Å². The van der Waals surface area contributed by atoms with Crippen LogP contribution in [-0.4, -0.2) is 19.7 Å². The zero-order valence-electron chi connectivity index (χ0n) is 14.4. The van der Waals surface area contributed by atoms with Crippen LogP contribution in [0.2, 0.25) is 0 Å². The molecule has 0 bridgehead atoms. The Morgan fingerprint density at radius 1 is 1.00 bits per heavy atom. The molecule has 5 heteroatoms. The van der Waals surface area contributed by atoms with Crippen molar-refractivity contribution in [1.29, 1.82) is 0 Å². The van der Waals surface area contributed by atoms with Gasteiger partial charge in [0.1, 0.15) is 0 Å². The molecule has 124 valence electrons. The lowest BCUT2D eigenvalue weighted by molar-refractivity contribution is 0.626. The van der Waals surface area contributed by atoms with Gasteiger partial charge in [-0.3, -0.25) is 4.98 Å². The number of benzene rings is 1. The molecule has 0 aliphatic heterocycles. The van der Waals surface area contributed by atoms with Crippen molar-refractivity contribution in [1.82, 2.24) is 19.7 Å². The Labute approximate surface area is 147 Å². The van der Waals surface area contributed by atoms with E-state index in [4.69, 9.17) is 0 Å². The molecule has 4 nitrogen and oxygen atoms in total. The van der Waals surface area contributed by atoms with Crippen molar-refractivity contribution in [2.75, 3.05) is 0 Å². The van der Waals surface area contributed by atoms with Crippen molar-refractivity contribution in [3.8, 4) is 11.4 Å². The molecule has 0 spiro atoms. The van der Waals surface area contributed by atoms with Gasteiger partial charge in [0.2, 0.25) is 0 Å². The zero-order chi connectivity index (χ0) is 16.9. The van der Waals surface area contributed by atoms with Gasteiger partial charge < -0.3 is 4.57 Å². The minimum atomic E-state index is 0.903. The predicted molar refractivity (Wildman–Crippen MR) is 99.0 cm³/mol. The third-order valence-electron chi connectivity index (χ3n) is 3.75. The third kappa shape index (κ3) is 3.85. The van der Waals surface area contributed by atoms with E-state index in [1.807, 2.05) is 12.1 Å². The average Bonchev–Trinajstić information content (AvgIpc) is 2.96. The number of thioether (sulfide) groups is 1. The first kappa shape index (κ1) is 16.7. The van der Waals surface area contributed by atoms with E-state index in [1.54, 1.807) is 24.2 Å². The second-order valence-electron chi connectivity index (χ2n) is 5.98. The monoisotopic (exact) mass is 338 g/mol. The summed E-state index contributed by atoms with van der Waals surface area (Å²) >= 11 is 1.75. The number of aryl methyl sites for hydroxylation is 2. The maximum Gasteiger partial charge on any atom is 0.191 e. The van der Waals surface area contributed by atoms with Crippen molar-refractivity contribution in [2.45, 2.75) is 44.6 Å². The van der Waals surface area contributed by atoms with Crippen LogP contribution in [0.15, 0.2) is 47.9 Å². The normalized spacial score (nSPS) is 11.0. The fraction of sp³-hybridized carbons (Fsp3) is 0.316. The first-order valence-corrected chi connectivity index (χ1v) is 9.19. The van der Waals surface area contributed by atoms with Gasteiger partial charge in [-0.25, -0.2) is 0 Å². The Morgan fingerprint density at radius 3 is 2.38 bits per heavy atom. The second-order valence-corrected chi connectivity index (χ2v) is 6.92. The molecule has 0 amide bonds. The summed E-state index contributed by atoms with van der Waals surface area (Å²) in [6.07, 6.45) is 4.64. The minimum absolute atomic E-state index is 0.903. The summed E-state index contributed by atoms with van der Waals surface area (Å²) in [6, 6.07) is 10.6. The highest BCUT2D eigenvalue weighted by molar-refractivity contribution is 7.98. The molecular formula is C19H22N4S. The second kappa shape index (κ2) is 7.62. The summed E-state index contributed by atoms with van der Waals surface area (Å²) in [4.78, 5) is 4.08. The quantitative estimate of drug-likeness (QED) is 0.613. The first-order valence-electron chi connectivity index (χ1n) is 8.21. The van der Waals surface area contributed by atoms with Crippen LogP contribution < -0.4 is 0 Å². The molecule has 3 rings (SSSR count). The van der Waals surface area contributed by atoms with Crippen LogP contribution in [0.1, 0.15) is 30.0 Å². The Morgan fingerprint density at radius 2 is 1.71 bits per heavy atom. The summed E-state index contributed by atoms with van der Waals surface area (Å²) in [5.41, 5.74) is 4.99. The van der Waals surface area contributed by atoms with Crippen molar-refractivity contribution in [3.05, 3.63) is 59.4 Å². The van der Waals surface area contributed by atoms with Crippen LogP contribution in [0.25, 0.3) is 11.4 Å². The van der Waals surface area contributed by atoms with Crippen molar-refractivity contribution < 1.29 is 0 Å². The molecule has 2 aromatic heterocycles. The molecule has 0 N–H and O–H groups in total. The summed E-state index contributed by atoms with van der Waals surface area (Å²) in [7, 11) is 0. The molecule has 0 saturated carbocycles.